The SMILES string of the molecule is CC(C)N1CCCCC1C.CC(C)N1CCOCC1C.CC(C)N1CCOCC1C1CC1.CC(C)c1ccccc1Cl.CC(C)c1cccnc1.CCS(=O)(=O)N1CCN(C(C)C)C(C)C1.CCn1cc(C(C)C)c(C(F)(F)F)n1.Cc1ccccc1C(C)C.Cc1ccncc1C(C)C.Cc1ncccc1C(C)C. The van der Waals surface area contributed by atoms with E-state index in [1.165, 1.54) is 88.5 Å². The van der Waals surface area contributed by atoms with E-state index in [9.17, 15) is 21.6 Å². The molecule has 4 aliphatic heterocycles. The minimum Gasteiger partial charge on any atom is -0.379 e. The lowest BCUT2D eigenvalue weighted by molar-refractivity contribution is -0.142. The molecular weight excluding hydrogens is 1420 g/mol. The molecule has 0 spiro atoms. The number of rotatable bonds is 14. The molecule has 0 radical (unpaired) electrons. The van der Waals surface area contributed by atoms with E-state index >= 15 is 0 Å². The fourth-order valence-electron chi connectivity index (χ4n) is 14.0. The first-order valence-corrected chi connectivity index (χ1v) is 43.4. The summed E-state index contributed by atoms with van der Waals surface area (Å²) in [6.07, 6.45) is 13.5. The molecule has 110 heavy (non-hydrogen) atoms. The summed E-state index contributed by atoms with van der Waals surface area (Å²) < 4.78 is 74.6. The number of aromatic nitrogens is 5. The van der Waals surface area contributed by atoms with Crippen LogP contribution in [0.5, 0.6) is 0 Å². The summed E-state index contributed by atoms with van der Waals surface area (Å²) in [6.45, 7) is 69.5. The Morgan fingerprint density at radius 2 is 1.00 bits per heavy atom. The zero-order valence-corrected chi connectivity index (χ0v) is 75.2. The van der Waals surface area contributed by atoms with Crippen molar-refractivity contribution in [1.29, 1.82) is 0 Å². The quantitative estimate of drug-likeness (QED) is 0.103. The number of piperidine rings is 1. The molecular formula is C91H152ClF3N10O4S. The average molecular weight is 1570 g/mol. The fourth-order valence-corrected chi connectivity index (χ4v) is 15.5. The van der Waals surface area contributed by atoms with Crippen molar-refractivity contribution in [3.8, 4) is 0 Å². The largest absolute Gasteiger partial charge is 0.435 e. The first kappa shape index (κ1) is 101. The van der Waals surface area contributed by atoms with Crippen molar-refractivity contribution < 1.29 is 31.1 Å². The van der Waals surface area contributed by atoms with Crippen LogP contribution in [0.25, 0.3) is 0 Å². The third kappa shape index (κ3) is 37.4. The smallest absolute Gasteiger partial charge is 0.379 e. The minimum atomic E-state index is -4.35. The molecule has 1 aliphatic carbocycles. The molecule has 1 saturated carbocycles. The number of likely N-dealkylation sites (tertiary alicyclic amines) is 1. The van der Waals surface area contributed by atoms with Crippen molar-refractivity contribution in [2.24, 2.45) is 5.92 Å². The average Bonchev–Trinajstić information content (AvgIpc) is 1.60. The Morgan fingerprint density at radius 3 is 1.38 bits per heavy atom. The topological polar surface area (TPSA) is 125 Å². The normalized spacial score (nSPS) is 18.7. The van der Waals surface area contributed by atoms with Crippen LogP contribution in [0.15, 0.2) is 116 Å². The Hall–Kier alpha value is -5.15. The van der Waals surface area contributed by atoms with Gasteiger partial charge in [-0.2, -0.15) is 22.6 Å². The van der Waals surface area contributed by atoms with Crippen LogP contribution in [-0.4, -0.2) is 177 Å². The maximum Gasteiger partial charge on any atom is 0.435 e. The number of sulfonamides is 1. The molecule has 5 aliphatic rings. The van der Waals surface area contributed by atoms with E-state index < -0.39 is 21.9 Å². The van der Waals surface area contributed by atoms with Crippen molar-refractivity contribution in [2.75, 3.05) is 71.4 Å². The fraction of sp³-hybridized carbons (Fsp3) is 0.670. The van der Waals surface area contributed by atoms with Gasteiger partial charge in [-0.3, -0.25) is 39.2 Å². The second-order valence-corrected chi connectivity index (χ2v) is 35.6. The standard InChI is InChI=1S/C10H22N2O2S.C10H19NO.C10H14.C9H11Cl.C9H13F3N2.C9H13N.C9H19N.C9H13N.C8H17NO.C8H11N/c1-5-15(13,14)11-6-7-12(9(2)3)10(4)8-11;1-8(2)11-5-6-12-7-10(11)9-3-4-9;1-8(2)10-7-5-4-6-9(10)3;1-7(2)8-5-3-4-6-9(8)10;1-4-14-5-7(6(2)3)8(13-14)9(10,11)12;1-7(2)9-6-10-5-4-8(9)3;1-8(2)10-7-5-4-6-9(10)3;1-7(2)9-5-4-6-10-8(9)3;1-7(2)9-4-5-10-6-8(9)3;1-7(2)8-4-3-5-9-6-8/h9-10H,5-8H2,1-4H3;8-10H,3-7H2,1-2H3;4-8H,1-3H3;3-7H,1-2H3;5-6H,4H2,1-3H3;4-7H,1-3H3;8-9H,4-7H2,1-3H3;4-7H,1-3H3;7-8H,4-6H2,1-3H3;3-7H,1-2H3. The number of nitrogens with zero attached hydrogens (tertiary/aromatic N) is 10. The monoisotopic (exact) mass is 1570 g/mol. The molecule has 624 valence electrons. The highest BCUT2D eigenvalue weighted by molar-refractivity contribution is 7.89. The van der Waals surface area contributed by atoms with E-state index in [1.807, 2.05) is 55.1 Å². The second kappa shape index (κ2) is 52.4. The van der Waals surface area contributed by atoms with Crippen LogP contribution in [-0.2, 0) is 32.2 Å². The van der Waals surface area contributed by atoms with Gasteiger partial charge in [-0.15, -0.1) is 0 Å². The van der Waals surface area contributed by atoms with Gasteiger partial charge >= 0.3 is 6.18 Å². The number of hydrogen-bond acceptors (Lipinski definition) is 12. The number of hydrogen-bond donors (Lipinski definition) is 0. The van der Waals surface area contributed by atoms with Gasteiger partial charge in [-0.05, 0) is 248 Å². The number of piperazine rings is 1. The van der Waals surface area contributed by atoms with Crippen LogP contribution < -0.4 is 0 Å². The van der Waals surface area contributed by atoms with Crippen LogP contribution in [0.1, 0.15) is 297 Å². The molecule has 2 aromatic carbocycles. The van der Waals surface area contributed by atoms with E-state index in [2.05, 4.69) is 254 Å². The third-order valence-corrected chi connectivity index (χ3v) is 23.0. The summed E-state index contributed by atoms with van der Waals surface area (Å²) in [7, 11) is -3.00. The van der Waals surface area contributed by atoms with Gasteiger partial charge in [0, 0.05) is 141 Å². The van der Waals surface area contributed by atoms with E-state index in [-0.39, 0.29) is 17.2 Å². The van der Waals surface area contributed by atoms with Crippen molar-refractivity contribution in [3.05, 3.63) is 177 Å². The molecule has 8 heterocycles. The van der Waals surface area contributed by atoms with Crippen molar-refractivity contribution in [1.82, 2.24) is 48.6 Å². The molecule has 0 N–H and O–H groups in total. The highest BCUT2D eigenvalue weighted by Crippen LogP contribution is 2.38. The molecule has 4 aromatic heterocycles. The Labute approximate surface area is 674 Å². The zero-order valence-electron chi connectivity index (χ0n) is 73.7. The minimum absolute atomic E-state index is 0.160. The third-order valence-electron chi connectivity index (χ3n) is 20.8. The molecule has 14 nitrogen and oxygen atoms in total. The summed E-state index contributed by atoms with van der Waals surface area (Å²) in [5.74, 6) is 3.96. The Balaban J connectivity index is 0.000000416. The molecule has 0 amide bonds. The van der Waals surface area contributed by atoms with Gasteiger partial charge in [0.05, 0.1) is 32.2 Å². The van der Waals surface area contributed by atoms with Gasteiger partial charge < -0.3 is 9.47 Å². The van der Waals surface area contributed by atoms with Crippen LogP contribution >= 0.6 is 11.6 Å². The first-order chi connectivity index (χ1) is 51.6. The Bertz CT molecular complexity index is 3270. The maximum absolute atomic E-state index is 12.5. The van der Waals surface area contributed by atoms with Crippen molar-refractivity contribution in [2.45, 2.75) is 323 Å². The Morgan fingerprint density at radius 1 is 0.500 bits per heavy atom. The van der Waals surface area contributed by atoms with Crippen molar-refractivity contribution in [3.63, 3.8) is 0 Å². The summed E-state index contributed by atoms with van der Waals surface area (Å²) in [4.78, 5) is 22.3. The van der Waals surface area contributed by atoms with E-state index in [1.54, 1.807) is 38.2 Å². The molecule has 5 fully saturated rings. The summed E-state index contributed by atoms with van der Waals surface area (Å²) in [5, 5.41) is 4.39. The molecule has 0 bridgehead atoms. The van der Waals surface area contributed by atoms with Crippen LogP contribution in [0.4, 0.5) is 13.2 Å². The van der Waals surface area contributed by atoms with Crippen LogP contribution in [0.3, 0.4) is 0 Å². The number of alkyl halides is 3. The number of aryl methyl sites for hydroxylation is 4. The highest BCUT2D eigenvalue weighted by atomic mass is 35.5. The molecule has 11 rings (SSSR count). The van der Waals surface area contributed by atoms with Gasteiger partial charge in [0.2, 0.25) is 10.0 Å². The molecule has 19 heteroatoms. The number of benzene rings is 2. The second-order valence-electron chi connectivity index (χ2n) is 33.0. The lowest BCUT2D eigenvalue weighted by atomic mass is 9.99. The number of morpholine rings is 2. The number of pyridine rings is 3. The predicted octanol–water partition coefficient (Wildman–Crippen LogP) is 22.5. The van der Waals surface area contributed by atoms with Gasteiger partial charge in [-0.25, -0.2) is 8.42 Å². The Kier molecular flexibility index (Phi) is 48.0. The van der Waals surface area contributed by atoms with E-state index in [0.29, 0.717) is 79.4 Å². The highest BCUT2D eigenvalue weighted by Gasteiger charge is 2.39. The van der Waals surface area contributed by atoms with Gasteiger partial charge in [-0.1, -0.05) is 156 Å². The summed E-state index contributed by atoms with van der Waals surface area (Å²) in [6, 6.07) is 31.8. The summed E-state index contributed by atoms with van der Waals surface area (Å²) in [5.41, 5.74) is 10.1. The van der Waals surface area contributed by atoms with Crippen LogP contribution in [0.2, 0.25) is 5.02 Å². The first-order valence-electron chi connectivity index (χ1n) is 41.5. The van der Waals surface area contributed by atoms with Crippen molar-refractivity contribution >= 4 is 21.6 Å². The molecule has 4 unspecified atom stereocenters. The predicted molar refractivity (Wildman–Crippen MR) is 461 cm³/mol. The van der Waals surface area contributed by atoms with E-state index in [0.717, 1.165) is 80.8 Å². The lowest BCUT2D eigenvalue weighted by Gasteiger charge is -2.41. The number of ether oxygens (including phenoxy) is 2. The maximum atomic E-state index is 12.5. The lowest BCUT2D eigenvalue weighted by Crippen LogP contribution is -2.55. The molecule has 6 aromatic rings. The van der Waals surface area contributed by atoms with E-state index in [4.69, 9.17) is 21.1 Å². The summed E-state index contributed by atoms with van der Waals surface area (Å²) >= 11 is 5.92. The zero-order chi connectivity index (χ0) is 83.2. The van der Waals surface area contributed by atoms with Gasteiger partial charge in [0.1, 0.15) is 0 Å². The van der Waals surface area contributed by atoms with Crippen LogP contribution in [0, 0.1) is 26.7 Å². The van der Waals surface area contributed by atoms with Gasteiger partial charge in [0.25, 0.3) is 0 Å². The number of halogens is 4. The molecule has 4 saturated heterocycles. The molecule has 4 atom stereocenters. The van der Waals surface area contributed by atoms with Gasteiger partial charge in [0.15, 0.2) is 5.69 Å².